The molecule has 1 saturated carbocycles. The standard InChI is InChI=1S/C14H17NO3S/c1-14(8-9-14)15-19(17,18)13-7-4-6-12(11-13)5-2-3-10-16/h4,6-7,11,15-16H,3,8-10H2,1H3. The maximum absolute atomic E-state index is 12.2. The van der Waals surface area contributed by atoms with Gasteiger partial charge in [0, 0.05) is 17.5 Å². The second-order valence-electron chi connectivity index (χ2n) is 4.97. The molecule has 0 radical (unpaired) electrons. The Balaban J connectivity index is 2.21. The number of rotatable bonds is 4. The number of hydrogen-bond acceptors (Lipinski definition) is 3. The van der Waals surface area contributed by atoms with Crippen LogP contribution in [0.15, 0.2) is 29.2 Å². The second-order valence-corrected chi connectivity index (χ2v) is 6.65. The van der Waals surface area contributed by atoms with E-state index in [0.717, 1.165) is 12.8 Å². The SMILES string of the molecule is CC1(NS(=O)(=O)c2cccc(C#CCCO)c2)CC1. The van der Waals surface area contributed by atoms with Gasteiger partial charge in [0.2, 0.25) is 10.0 Å². The molecular weight excluding hydrogens is 262 g/mol. The Morgan fingerprint density at radius 2 is 2.16 bits per heavy atom. The lowest BCUT2D eigenvalue weighted by Gasteiger charge is -2.12. The molecule has 0 saturated heterocycles. The highest BCUT2D eigenvalue weighted by Gasteiger charge is 2.41. The van der Waals surface area contributed by atoms with E-state index < -0.39 is 10.0 Å². The van der Waals surface area contributed by atoms with Crippen molar-refractivity contribution in [2.45, 2.75) is 36.6 Å². The Morgan fingerprint density at radius 3 is 2.79 bits per heavy atom. The highest BCUT2D eigenvalue weighted by molar-refractivity contribution is 7.89. The molecule has 1 aromatic rings. The molecule has 0 aromatic heterocycles. The van der Waals surface area contributed by atoms with Gasteiger partial charge in [-0.2, -0.15) is 0 Å². The lowest BCUT2D eigenvalue weighted by atomic mass is 10.2. The first-order chi connectivity index (χ1) is 8.95. The van der Waals surface area contributed by atoms with Gasteiger partial charge in [0.25, 0.3) is 0 Å². The van der Waals surface area contributed by atoms with Gasteiger partial charge >= 0.3 is 0 Å². The number of nitrogens with one attached hydrogen (secondary N) is 1. The lowest BCUT2D eigenvalue weighted by molar-refractivity contribution is 0.305. The third kappa shape index (κ3) is 3.80. The second kappa shape index (κ2) is 5.33. The molecule has 102 valence electrons. The molecule has 1 aromatic carbocycles. The molecule has 1 aliphatic carbocycles. The van der Waals surface area contributed by atoms with Crippen molar-refractivity contribution in [3.63, 3.8) is 0 Å². The van der Waals surface area contributed by atoms with Crippen LogP contribution in [0.3, 0.4) is 0 Å². The fraction of sp³-hybridized carbons (Fsp3) is 0.429. The van der Waals surface area contributed by atoms with E-state index in [1.807, 2.05) is 6.92 Å². The van der Waals surface area contributed by atoms with Gasteiger partial charge in [-0.25, -0.2) is 13.1 Å². The maximum atomic E-state index is 12.2. The molecule has 0 atom stereocenters. The van der Waals surface area contributed by atoms with E-state index in [4.69, 9.17) is 5.11 Å². The first-order valence-electron chi connectivity index (χ1n) is 6.19. The summed E-state index contributed by atoms with van der Waals surface area (Å²) in [6.45, 7) is 1.90. The van der Waals surface area contributed by atoms with E-state index in [0.29, 0.717) is 12.0 Å². The number of aliphatic hydroxyl groups excluding tert-OH is 1. The highest BCUT2D eigenvalue weighted by Crippen LogP contribution is 2.35. The quantitative estimate of drug-likeness (QED) is 0.815. The number of hydrogen-bond donors (Lipinski definition) is 2. The maximum Gasteiger partial charge on any atom is 0.241 e. The van der Waals surface area contributed by atoms with Crippen molar-refractivity contribution in [1.29, 1.82) is 0 Å². The Bertz CT molecular complexity index is 622. The van der Waals surface area contributed by atoms with Crippen LogP contribution in [0.4, 0.5) is 0 Å². The van der Waals surface area contributed by atoms with E-state index in [-0.39, 0.29) is 17.0 Å². The fourth-order valence-corrected chi connectivity index (χ4v) is 3.14. The van der Waals surface area contributed by atoms with Crippen molar-refractivity contribution in [2.24, 2.45) is 0 Å². The zero-order valence-electron chi connectivity index (χ0n) is 10.8. The molecule has 0 amide bonds. The van der Waals surface area contributed by atoms with Crippen LogP contribution in [0, 0.1) is 11.8 Å². The van der Waals surface area contributed by atoms with Crippen LogP contribution in [0.2, 0.25) is 0 Å². The molecule has 1 fully saturated rings. The van der Waals surface area contributed by atoms with Crippen molar-refractivity contribution in [2.75, 3.05) is 6.61 Å². The zero-order valence-corrected chi connectivity index (χ0v) is 11.6. The summed E-state index contributed by atoms with van der Waals surface area (Å²) in [5.41, 5.74) is 0.356. The zero-order chi connectivity index (χ0) is 13.9. The molecule has 0 spiro atoms. The number of benzene rings is 1. The van der Waals surface area contributed by atoms with Gasteiger partial charge in [-0.05, 0) is 38.0 Å². The Labute approximate surface area is 113 Å². The van der Waals surface area contributed by atoms with Crippen LogP contribution in [0.25, 0.3) is 0 Å². The van der Waals surface area contributed by atoms with Crippen molar-refractivity contribution >= 4 is 10.0 Å². The highest BCUT2D eigenvalue weighted by atomic mass is 32.2. The first-order valence-corrected chi connectivity index (χ1v) is 7.67. The third-order valence-electron chi connectivity index (χ3n) is 2.99. The normalized spacial score (nSPS) is 16.5. The number of sulfonamides is 1. The molecule has 19 heavy (non-hydrogen) atoms. The summed E-state index contributed by atoms with van der Waals surface area (Å²) in [5.74, 6) is 5.61. The van der Waals surface area contributed by atoms with Gasteiger partial charge in [0.05, 0.1) is 11.5 Å². The fourth-order valence-electron chi connectivity index (χ4n) is 1.63. The van der Waals surface area contributed by atoms with Crippen LogP contribution < -0.4 is 4.72 Å². The van der Waals surface area contributed by atoms with Crippen LogP contribution >= 0.6 is 0 Å². The molecule has 5 heteroatoms. The van der Waals surface area contributed by atoms with Crippen molar-refractivity contribution in [3.8, 4) is 11.8 Å². The largest absolute Gasteiger partial charge is 0.395 e. The predicted octanol–water partition coefficient (Wildman–Crippen LogP) is 1.25. The van der Waals surface area contributed by atoms with E-state index in [2.05, 4.69) is 16.6 Å². The predicted molar refractivity (Wildman–Crippen MR) is 73.0 cm³/mol. The van der Waals surface area contributed by atoms with E-state index in [1.54, 1.807) is 24.3 Å². The van der Waals surface area contributed by atoms with Crippen LogP contribution in [-0.2, 0) is 10.0 Å². The summed E-state index contributed by atoms with van der Waals surface area (Å²) in [6.07, 6.45) is 2.14. The molecule has 0 unspecified atom stereocenters. The molecule has 0 aliphatic heterocycles. The van der Waals surface area contributed by atoms with Crippen molar-refractivity contribution in [3.05, 3.63) is 29.8 Å². The molecule has 0 heterocycles. The van der Waals surface area contributed by atoms with Gasteiger partial charge in [-0.1, -0.05) is 17.9 Å². The minimum atomic E-state index is -3.48. The van der Waals surface area contributed by atoms with Crippen molar-refractivity contribution in [1.82, 2.24) is 4.72 Å². The molecule has 1 aliphatic rings. The third-order valence-corrected chi connectivity index (χ3v) is 4.63. The smallest absolute Gasteiger partial charge is 0.241 e. The summed E-state index contributed by atoms with van der Waals surface area (Å²) in [4.78, 5) is 0.233. The van der Waals surface area contributed by atoms with E-state index in [9.17, 15) is 8.42 Å². The topological polar surface area (TPSA) is 66.4 Å². The van der Waals surface area contributed by atoms with Gasteiger partial charge in [-0.15, -0.1) is 0 Å². The molecular formula is C14H17NO3S. The van der Waals surface area contributed by atoms with Crippen molar-refractivity contribution < 1.29 is 13.5 Å². The molecule has 4 nitrogen and oxygen atoms in total. The average molecular weight is 279 g/mol. The van der Waals surface area contributed by atoms with Gasteiger partial charge in [0.15, 0.2) is 0 Å². The summed E-state index contributed by atoms with van der Waals surface area (Å²) < 4.78 is 27.0. The summed E-state index contributed by atoms with van der Waals surface area (Å²) in [7, 11) is -3.48. The summed E-state index contributed by atoms with van der Waals surface area (Å²) in [6, 6.07) is 6.54. The molecule has 2 N–H and O–H groups in total. The van der Waals surface area contributed by atoms with Crippen LogP contribution in [0.1, 0.15) is 31.7 Å². The Hall–Kier alpha value is -1.35. The minimum absolute atomic E-state index is 0.00486. The summed E-state index contributed by atoms with van der Waals surface area (Å²) in [5, 5.41) is 8.65. The minimum Gasteiger partial charge on any atom is -0.395 e. The van der Waals surface area contributed by atoms with Crippen LogP contribution in [0.5, 0.6) is 0 Å². The Morgan fingerprint density at radius 1 is 1.42 bits per heavy atom. The number of aliphatic hydroxyl groups is 1. The molecule has 2 rings (SSSR count). The lowest BCUT2D eigenvalue weighted by Crippen LogP contribution is -2.34. The monoisotopic (exact) mass is 279 g/mol. The van der Waals surface area contributed by atoms with Gasteiger partial charge in [0.1, 0.15) is 0 Å². The van der Waals surface area contributed by atoms with E-state index >= 15 is 0 Å². The van der Waals surface area contributed by atoms with Gasteiger partial charge in [-0.3, -0.25) is 0 Å². The summed E-state index contributed by atoms with van der Waals surface area (Å²) >= 11 is 0. The Kier molecular flexibility index (Phi) is 3.95. The first kappa shape index (κ1) is 14.1. The average Bonchev–Trinajstić information content (AvgIpc) is 3.06. The van der Waals surface area contributed by atoms with E-state index in [1.165, 1.54) is 0 Å². The molecule has 0 bridgehead atoms. The van der Waals surface area contributed by atoms with Gasteiger partial charge < -0.3 is 5.11 Å². The van der Waals surface area contributed by atoms with Crippen LogP contribution in [-0.4, -0.2) is 25.7 Å².